The molecule has 0 unspecified atom stereocenters. The fraction of sp³-hybridized carbons (Fsp3) is 0.0833. The molecule has 0 amide bonds. The minimum atomic E-state index is 0.519. The van der Waals surface area contributed by atoms with Gasteiger partial charge in [-0.15, -0.1) is 10.2 Å². The Bertz CT molecular complexity index is 927. The maximum Gasteiger partial charge on any atom is 0.225 e. The summed E-state index contributed by atoms with van der Waals surface area (Å²) in [5.74, 6) is 0.519. The SMILES string of the molecule is CNc1nc(Sc2nnc3ccccn23)c2[nH]cnc2n1. The predicted octanol–water partition coefficient (Wildman–Crippen LogP) is 1.59. The van der Waals surface area contributed by atoms with Gasteiger partial charge >= 0.3 is 0 Å². The predicted molar refractivity (Wildman–Crippen MR) is 78.3 cm³/mol. The second-order valence-corrected chi connectivity index (χ2v) is 5.17. The lowest BCUT2D eigenvalue weighted by Gasteiger charge is -2.03. The molecule has 4 rings (SSSR count). The van der Waals surface area contributed by atoms with E-state index in [4.69, 9.17) is 0 Å². The van der Waals surface area contributed by atoms with Gasteiger partial charge in [0.25, 0.3) is 0 Å². The fourth-order valence-corrected chi connectivity index (χ4v) is 2.86. The Morgan fingerprint density at radius 1 is 1.24 bits per heavy atom. The lowest BCUT2D eigenvalue weighted by atomic mass is 10.5. The van der Waals surface area contributed by atoms with Crippen LogP contribution in [0, 0.1) is 0 Å². The molecule has 9 heteroatoms. The fourth-order valence-electron chi connectivity index (χ4n) is 1.97. The minimum absolute atomic E-state index is 0.519. The van der Waals surface area contributed by atoms with Crippen LogP contribution in [0.3, 0.4) is 0 Å². The standard InChI is InChI=1S/C12H10N8S/c1-13-11-16-9-8(14-6-15-9)10(17-11)21-12-19-18-7-4-2-3-5-20(7)12/h2-6H,1H3,(H2,13,14,15,16,17). The van der Waals surface area contributed by atoms with Crippen LogP contribution in [0.2, 0.25) is 0 Å². The molecule has 0 atom stereocenters. The molecule has 0 aliphatic carbocycles. The molecule has 0 spiro atoms. The van der Waals surface area contributed by atoms with Gasteiger partial charge in [0.2, 0.25) is 11.1 Å². The molecule has 0 radical (unpaired) electrons. The summed E-state index contributed by atoms with van der Waals surface area (Å²) in [6, 6.07) is 5.77. The summed E-state index contributed by atoms with van der Waals surface area (Å²) in [5, 5.41) is 12.8. The first-order chi connectivity index (χ1) is 10.3. The average Bonchev–Trinajstić information content (AvgIpc) is 3.14. The molecule has 2 N–H and O–H groups in total. The van der Waals surface area contributed by atoms with Gasteiger partial charge in [0, 0.05) is 13.2 Å². The van der Waals surface area contributed by atoms with E-state index >= 15 is 0 Å². The van der Waals surface area contributed by atoms with E-state index in [0.29, 0.717) is 11.6 Å². The molecule has 104 valence electrons. The molecule has 0 fully saturated rings. The van der Waals surface area contributed by atoms with Crippen molar-refractivity contribution in [2.45, 2.75) is 10.2 Å². The van der Waals surface area contributed by atoms with Crippen molar-refractivity contribution >= 4 is 34.5 Å². The van der Waals surface area contributed by atoms with Gasteiger partial charge in [-0.05, 0) is 23.9 Å². The molecule has 8 nitrogen and oxygen atoms in total. The zero-order valence-electron chi connectivity index (χ0n) is 11.0. The highest BCUT2D eigenvalue weighted by atomic mass is 32.2. The molecule has 0 saturated carbocycles. The van der Waals surface area contributed by atoms with Crippen LogP contribution in [0.25, 0.3) is 16.8 Å². The number of imidazole rings is 1. The Morgan fingerprint density at radius 2 is 2.19 bits per heavy atom. The molecule has 4 aromatic rings. The number of aromatic amines is 1. The van der Waals surface area contributed by atoms with E-state index in [1.54, 1.807) is 13.4 Å². The van der Waals surface area contributed by atoms with Crippen LogP contribution < -0.4 is 5.32 Å². The number of anilines is 1. The van der Waals surface area contributed by atoms with Crippen LogP contribution in [0.1, 0.15) is 0 Å². The zero-order valence-corrected chi connectivity index (χ0v) is 11.8. The Labute approximate surface area is 123 Å². The van der Waals surface area contributed by atoms with Crippen LogP contribution in [-0.4, -0.2) is 41.6 Å². The Kier molecular flexibility index (Phi) is 2.71. The molecule has 4 heterocycles. The molecule has 21 heavy (non-hydrogen) atoms. The first-order valence-electron chi connectivity index (χ1n) is 6.21. The first kappa shape index (κ1) is 12.1. The molecule has 0 aromatic carbocycles. The number of aromatic nitrogens is 7. The third kappa shape index (κ3) is 1.98. The molecule has 4 aromatic heterocycles. The third-order valence-corrected chi connectivity index (χ3v) is 3.90. The second-order valence-electron chi connectivity index (χ2n) is 4.22. The van der Waals surface area contributed by atoms with Crippen molar-refractivity contribution in [1.82, 2.24) is 34.5 Å². The third-order valence-electron chi connectivity index (χ3n) is 2.95. The number of nitrogens with zero attached hydrogens (tertiary/aromatic N) is 6. The van der Waals surface area contributed by atoms with Crippen molar-refractivity contribution in [3.63, 3.8) is 0 Å². The zero-order chi connectivity index (χ0) is 14.2. The Morgan fingerprint density at radius 3 is 3.10 bits per heavy atom. The maximum atomic E-state index is 4.46. The molecule has 0 aliphatic heterocycles. The highest BCUT2D eigenvalue weighted by Crippen LogP contribution is 2.29. The summed E-state index contributed by atoms with van der Waals surface area (Å²) in [7, 11) is 1.77. The van der Waals surface area contributed by atoms with Gasteiger partial charge < -0.3 is 10.3 Å². The van der Waals surface area contributed by atoms with Gasteiger partial charge in [-0.2, -0.15) is 4.98 Å². The number of hydrogen-bond acceptors (Lipinski definition) is 7. The highest BCUT2D eigenvalue weighted by Gasteiger charge is 2.14. The summed E-state index contributed by atoms with van der Waals surface area (Å²) in [6.45, 7) is 0. The maximum absolute atomic E-state index is 4.46. The van der Waals surface area contributed by atoms with E-state index in [0.717, 1.165) is 21.3 Å². The lowest BCUT2D eigenvalue weighted by molar-refractivity contribution is 0.917. The van der Waals surface area contributed by atoms with Gasteiger partial charge in [0.1, 0.15) is 10.5 Å². The van der Waals surface area contributed by atoms with Gasteiger partial charge in [0.15, 0.2) is 11.3 Å². The van der Waals surface area contributed by atoms with Gasteiger partial charge in [0.05, 0.1) is 6.33 Å². The number of nitrogens with one attached hydrogen (secondary N) is 2. The molecule has 0 saturated heterocycles. The van der Waals surface area contributed by atoms with Crippen LogP contribution in [0.15, 0.2) is 40.9 Å². The van der Waals surface area contributed by atoms with E-state index in [9.17, 15) is 0 Å². The summed E-state index contributed by atoms with van der Waals surface area (Å²) < 4.78 is 1.91. The van der Waals surface area contributed by atoms with E-state index in [1.807, 2.05) is 28.8 Å². The first-order valence-corrected chi connectivity index (χ1v) is 7.03. The highest BCUT2D eigenvalue weighted by molar-refractivity contribution is 7.99. The Hall–Kier alpha value is -2.68. The molecule has 0 bridgehead atoms. The average molecular weight is 298 g/mol. The van der Waals surface area contributed by atoms with E-state index < -0.39 is 0 Å². The van der Waals surface area contributed by atoms with Crippen molar-refractivity contribution in [1.29, 1.82) is 0 Å². The minimum Gasteiger partial charge on any atom is -0.357 e. The van der Waals surface area contributed by atoms with Gasteiger partial charge in [-0.3, -0.25) is 4.40 Å². The number of H-pyrrole nitrogens is 1. The van der Waals surface area contributed by atoms with Gasteiger partial charge in [-0.25, -0.2) is 9.97 Å². The number of pyridine rings is 1. The number of fused-ring (bicyclic) bond motifs is 2. The molecular formula is C12H10N8S. The van der Waals surface area contributed by atoms with Crippen molar-refractivity contribution < 1.29 is 0 Å². The summed E-state index contributed by atoms with van der Waals surface area (Å²) in [6.07, 6.45) is 3.52. The largest absolute Gasteiger partial charge is 0.357 e. The van der Waals surface area contributed by atoms with Gasteiger partial charge in [-0.1, -0.05) is 6.07 Å². The molecular weight excluding hydrogens is 288 g/mol. The van der Waals surface area contributed by atoms with Crippen LogP contribution in [-0.2, 0) is 0 Å². The van der Waals surface area contributed by atoms with E-state index in [1.165, 1.54) is 11.8 Å². The normalized spacial score (nSPS) is 11.3. The lowest BCUT2D eigenvalue weighted by Crippen LogP contribution is -1.98. The van der Waals surface area contributed by atoms with E-state index in [2.05, 4.69) is 35.5 Å². The summed E-state index contributed by atoms with van der Waals surface area (Å²) in [5.41, 5.74) is 2.20. The van der Waals surface area contributed by atoms with Crippen molar-refractivity contribution in [2.75, 3.05) is 12.4 Å². The quantitative estimate of drug-likeness (QED) is 0.554. The van der Waals surface area contributed by atoms with Crippen LogP contribution in [0.4, 0.5) is 5.95 Å². The van der Waals surface area contributed by atoms with E-state index in [-0.39, 0.29) is 0 Å². The summed E-state index contributed by atoms with van der Waals surface area (Å²) in [4.78, 5) is 16.0. The van der Waals surface area contributed by atoms with Crippen molar-refractivity contribution in [3.8, 4) is 0 Å². The van der Waals surface area contributed by atoms with Crippen molar-refractivity contribution in [2.24, 2.45) is 0 Å². The second kappa shape index (κ2) is 4.70. The summed E-state index contributed by atoms with van der Waals surface area (Å²) >= 11 is 1.41. The number of rotatable bonds is 3. The van der Waals surface area contributed by atoms with Crippen LogP contribution >= 0.6 is 11.8 Å². The van der Waals surface area contributed by atoms with Crippen molar-refractivity contribution in [3.05, 3.63) is 30.7 Å². The Balaban J connectivity index is 1.85. The topological polar surface area (TPSA) is 96.7 Å². The smallest absolute Gasteiger partial charge is 0.225 e. The number of hydrogen-bond donors (Lipinski definition) is 2. The van der Waals surface area contributed by atoms with Crippen LogP contribution in [0.5, 0.6) is 0 Å². The monoisotopic (exact) mass is 298 g/mol. The molecule has 0 aliphatic rings.